The molecule has 20 heavy (non-hydrogen) atoms. The minimum atomic E-state index is -1.04. The molecule has 2 heterocycles. The molecular weight excluding hydrogens is 260 g/mol. The number of fused-ring (bicyclic) bond motifs is 1. The molecule has 1 unspecified atom stereocenters. The summed E-state index contributed by atoms with van der Waals surface area (Å²) in [6.45, 7) is 0.691. The first-order valence-electron chi connectivity index (χ1n) is 6.35. The Morgan fingerprint density at radius 1 is 1.35 bits per heavy atom. The van der Waals surface area contributed by atoms with E-state index in [0.29, 0.717) is 18.7 Å². The molecule has 1 aliphatic heterocycles. The summed E-state index contributed by atoms with van der Waals surface area (Å²) in [4.78, 5) is 28.1. The van der Waals surface area contributed by atoms with Gasteiger partial charge in [-0.1, -0.05) is 0 Å². The van der Waals surface area contributed by atoms with Gasteiger partial charge < -0.3 is 19.7 Å². The van der Waals surface area contributed by atoms with Gasteiger partial charge in [0.2, 0.25) is 0 Å². The van der Waals surface area contributed by atoms with Crippen LogP contribution < -0.4 is 0 Å². The van der Waals surface area contributed by atoms with Crippen LogP contribution in [0.3, 0.4) is 0 Å². The summed E-state index contributed by atoms with van der Waals surface area (Å²) in [6.07, 6.45) is 1.80. The molecule has 0 radical (unpaired) electrons. The van der Waals surface area contributed by atoms with Crippen molar-refractivity contribution >= 4 is 22.8 Å². The van der Waals surface area contributed by atoms with E-state index in [0.717, 1.165) is 10.9 Å². The normalized spacial score (nSPS) is 19.2. The van der Waals surface area contributed by atoms with E-state index in [9.17, 15) is 9.59 Å². The highest BCUT2D eigenvalue weighted by Gasteiger charge is 2.33. The first-order valence-corrected chi connectivity index (χ1v) is 6.35. The SMILES string of the molecule is O=C(O)C1COCCN1C(=O)c1ccc2[nH]ccc2c1. The van der Waals surface area contributed by atoms with Crippen molar-refractivity contribution < 1.29 is 19.4 Å². The highest BCUT2D eigenvalue weighted by atomic mass is 16.5. The topological polar surface area (TPSA) is 82.6 Å². The lowest BCUT2D eigenvalue weighted by Crippen LogP contribution is -2.52. The number of aromatic amines is 1. The highest BCUT2D eigenvalue weighted by molar-refractivity contribution is 5.99. The van der Waals surface area contributed by atoms with E-state index in [4.69, 9.17) is 9.84 Å². The summed E-state index contributed by atoms with van der Waals surface area (Å²) < 4.78 is 5.14. The summed E-state index contributed by atoms with van der Waals surface area (Å²) >= 11 is 0. The van der Waals surface area contributed by atoms with Gasteiger partial charge in [-0.3, -0.25) is 4.79 Å². The van der Waals surface area contributed by atoms with Gasteiger partial charge in [0.15, 0.2) is 6.04 Å². The van der Waals surface area contributed by atoms with Crippen molar-refractivity contribution in [2.45, 2.75) is 6.04 Å². The predicted octanol–water partition coefficient (Wildman–Crippen LogP) is 1.09. The molecule has 1 aliphatic rings. The number of ether oxygens (including phenoxy) is 1. The first kappa shape index (κ1) is 12.7. The fraction of sp³-hybridized carbons (Fsp3) is 0.286. The van der Waals surface area contributed by atoms with Crippen molar-refractivity contribution in [3.8, 4) is 0 Å². The number of carboxylic acids is 1. The second-order valence-corrected chi connectivity index (χ2v) is 4.71. The molecule has 1 fully saturated rings. The lowest BCUT2D eigenvalue weighted by atomic mass is 10.1. The number of carbonyl (C=O) groups is 2. The van der Waals surface area contributed by atoms with Gasteiger partial charge in [0.25, 0.3) is 5.91 Å². The predicted molar refractivity (Wildman–Crippen MR) is 71.6 cm³/mol. The van der Waals surface area contributed by atoms with Crippen molar-refractivity contribution in [3.63, 3.8) is 0 Å². The van der Waals surface area contributed by atoms with Crippen LogP contribution in [0.4, 0.5) is 0 Å². The highest BCUT2D eigenvalue weighted by Crippen LogP contribution is 2.18. The zero-order valence-corrected chi connectivity index (χ0v) is 10.7. The second-order valence-electron chi connectivity index (χ2n) is 4.71. The number of H-pyrrole nitrogens is 1. The Balaban J connectivity index is 1.91. The molecule has 0 saturated carbocycles. The van der Waals surface area contributed by atoms with E-state index in [1.807, 2.05) is 12.1 Å². The van der Waals surface area contributed by atoms with Gasteiger partial charge in [-0.05, 0) is 24.3 Å². The minimum absolute atomic E-state index is 0.0352. The van der Waals surface area contributed by atoms with Crippen LogP contribution in [0.2, 0.25) is 0 Å². The zero-order valence-electron chi connectivity index (χ0n) is 10.7. The Morgan fingerprint density at radius 3 is 3.00 bits per heavy atom. The molecule has 1 saturated heterocycles. The molecule has 104 valence electrons. The van der Waals surface area contributed by atoms with Gasteiger partial charge in [-0.25, -0.2) is 4.79 Å². The van der Waals surface area contributed by atoms with Crippen LogP contribution in [0, 0.1) is 0 Å². The fourth-order valence-electron chi connectivity index (χ4n) is 2.40. The maximum absolute atomic E-state index is 12.5. The number of amides is 1. The molecule has 2 N–H and O–H groups in total. The van der Waals surface area contributed by atoms with Gasteiger partial charge in [-0.2, -0.15) is 0 Å². The Hall–Kier alpha value is -2.34. The third kappa shape index (κ3) is 2.14. The van der Waals surface area contributed by atoms with Crippen LogP contribution in [0.1, 0.15) is 10.4 Å². The van der Waals surface area contributed by atoms with Crippen molar-refractivity contribution in [1.29, 1.82) is 0 Å². The number of aromatic nitrogens is 1. The minimum Gasteiger partial charge on any atom is -0.480 e. The summed E-state index contributed by atoms with van der Waals surface area (Å²) in [7, 11) is 0. The molecule has 1 aromatic carbocycles. The van der Waals surface area contributed by atoms with Crippen molar-refractivity contribution in [2.24, 2.45) is 0 Å². The molecule has 1 atom stereocenters. The number of rotatable bonds is 2. The molecule has 1 aromatic heterocycles. The number of benzene rings is 1. The summed E-state index contributed by atoms with van der Waals surface area (Å²) in [5, 5.41) is 10.1. The monoisotopic (exact) mass is 274 g/mol. The molecule has 0 bridgehead atoms. The molecule has 1 amide bonds. The first-order chi connectivity index (χ1) is 9.66. The molecule has 6 heteroatoms. The lowest BCUT2D eigenvalue weighted by Gasteiger charge is -2.32. The summed E-state index contributed by atoms with van der Waals surface area (Å²) in [6, 6.07) is 6.25. The Labute approximate surface area is 114 Å². The second kappa shape index (κ2) is 4.97. The van der Waals surface area contributed by atoms with Gasteiger partial charge in [0.1, 0.15) is 0 Å². The van der Waals surface area contributed by atoms with Crippen LogP contribution in [-0.2, 0) is 9.53 Å². The Bertz CT molecular complexity index is 664. The number of morpholine rings is 1. The third-order valence-electron chi connectivity index (χ3n) is 3.47. The maximum atomic E-state index is 12.5. The van der Waals surface area contributed by atoms with E-state index in [1.54, 1.807) is 18.3 Å². The Morgan fingerprint density at radius 2 is 2.20 bits per heavy atom. The van der Waals surface area contributed by atoms with Gasteiger partial charge >= 0.3 is 5.97 Å². The van der Waals surface area contributed by atoms with E-state index in [-0.39, 0.29) is 12.5 Å². The number of carbonyl (C=O) groups excluding carboxylic acids is 1. The van der Waals surface area contributed by atoms with Crippen molar-refractivity contribution in [2.75, 3.05) is 19.8 Å². The quantitative estimate of drug-likeness (QED) is 0.859. The molecule has 0 spiro atoms. The zero-order chi connectivity index (χ0) is 14.1. The van der Waals surface area contributed by atoms with E-state index in [1.165, 1.54) is 4.90 Å². The third-order valence-corrected chi connectivity index (χ3v) is 3.47. The Kier molecular flexibility index (Phi) is 3.15. The standard InChI is InChI=1S/C14H14N2O4/c17-13(16-5-6-20-8-12(16)14(18)19)10-1-2-11-9(7-10)3-4-15-11/h1-4,7,12,15H,5-6,8H2,(H,18,19). The number of nitrogens with zero attached hydrogens (tertiary/aromatic N) is 1. The van der Waals surface area contributed by atoms with Crippen LogP contribution in [0.15, 0.2) is 30.5 Å². The number of nitrogens with one attached hydrogen (secondary N) is 1. The average molecular weight is 274 g/mol. The summed E-state index contributed by atoms with van der Waals surface area (Å²) in [5.74, 6) is -1.32. The molecule has 0 aliphatic carbocycles. The van der Waals surface area contributed by atoms with Crippen molar-refractivity contribution in [3.05, 3.63) is 36.0 Å². The number of hydrogen-bond acceptors (Lipinski definition) is 3. The number of hydrogen-bond donors (Lipinski definition) is 2. The maximum Gasteiger partial charge on any atom is 0.328 e. The molecule has 3 rings (SSSR count). The van der Waals surface area contributed by atoms with Crippen LogP contribution in [0.25, 0.3) is 10.9 Å². The van der Waals surface area contributed by atoms with Crippen LogP contribution >= 0.6 is 0 Å². The van der Waals surface area contributed by atoms with E-state index >= 15 is 0 Å². The van der Waals surface area contributed by atoms with Crippen LogP contribution in [0.5, 0.6) is 0 Å². The number of carboxylic acid groups (broad SMARTS) is 1. The smallest absolute Gasteiger partial charge is 0.328 e. The lowest BCUT2D eigenvalue weighted by molar-refractivity contribution is -0.147. The average Bonchev–Trinajstić information content (AvgIpc) is 2.93. The molecule has 6 nitrogen and oxygen atoms in total. The van der Waals surface area contributed by atoms with Gasteiger partial charge in [0, 0.05) is 29.2 Å². The molecular formula is C14H14N2O4. The van der Waals surface area contributed by atoms with E-state index < -0.39 is 12.0 Å². The van der Waals surface area contributed by atoms with E-state index in [2.05, 4.69) is 4.98 Å². The van der Waals surface area contributed by atoms with Crippen LogP contribution in [-0.4, -0.2) is 52.7 Å². The van der Waals surface area contributed by atoms with Crippen molar-refractivity contribution in [1.82, 2.24) is 9.88 Å². The molecule has 2 aromatic rings. The van der Waals surface area contributed by atoms with Gasteiger partial charge in [0.05, 0.1) is 13.2 Å². The van der Waals surface area contributed by atoms with Gasteiger partial charge in [-0.15, -0.1) is 0 Å². The largest absolute Gasteiger partial charge is 0.480 e. The fourth-order valence-corrected chi connectivity index (χ4v) is 2.40. The summed E-state index contributed by atoms with van der Waals surface area (Å²) in [5.41, 5.74) is 1.43. The number of aliphatic carboxylic acids is 1.